The summed E-state index contributed by atoms with van der Waals surface area (Å²) in [5.74, 6) is -0.307. The van der Waals surface area contributed by atoms with Gasteiger partial charge in [-0.3, -0.25) is 19.5 Å². The lowest BCUT2D eigenvalue weighted by Crippen LogP contribution is -2.43. The monoisotopic (exact) mass is 328 g/mol. The maximum absolute atomic E-state index is 12.0. The van der Waals surface area contributed by atoms with Crippen LogP contribution in [0.4, 0.5) is 5.69 Å². The zero-order valence-electron chi connectivity index (χ0n) is 13.5. The molecule has 1 aliphatic heterocycles. The Balaban J connectivity index is 1.58. The molecule has 7 heteroatoms. The fourth-order valence-corrected chi connectivity index (χ4v) is 2.97. The van der Waals surface area contributed by atoms with Crippen LogP contribution in [0.1, 0.15) is 12.5 Å². The number of benzene rings is 1. The molecule has 2 heterocycles. The summed E-state index contributed by atoms with van der Waals surface area (Å²) < 4.78 is 1.01. The number of hydrogen-bond acceptors (Lipinski definition) is 4. The number of nitrogens with zero attached hydrogens (tertiary/aromatic N) is 2. The summed E-state index contributed by atoms with van der Waals surface area (Å²) in [5.41, 5.74) is 1.71. The first-order chi connectivity index (χ1) is 11.5. The molecule has 24 heavy (non-hydrogen) atoms. The molecular formula is C17H20N4O3. The maximum atomic E-state index is 12.0. The second-order valence-electron chi connectivity index (χ2n) is 5.96. The van der Waals surface area contributed by atoms with Gasteiger partial charge in [0, 0.05) is 37.0 Å². The first kappa shape index (κ1) is 16.0. The highest BCUT2D eigenvalue weighted by atomic mass is 16.2. The van der Waals surface area contributed by atoms with Gasteiger partial charge in [0.05, 0.1) is 0 Å². The minimum absolute atomic E-state index is 0.143. The van der Waals surface area contributed by atoms with E-state index in [2.05, 4.69) is 34.4 Å². The normalized spacial score (nSPS) is 14.3. The predicted octanol–water partition coefficient (Wildman–Crippen LogP) is 0.104. The fraction of sp³-hybridized carbons (Fsp3) is 0.353. The number of amides is 1. The van der Waals surface area contributed by atoms with Gasteiger partial charge in [-0.25, -0.2) is 4.68 Å². The second-order valence-corrected chi connectivity index (χ2v) is 5.96. The molecule has 0 spiro atoms. The number of nitrogens with one attached hydrogen (secondary N) is 2. The van der Waals surface area contributed by atoms with Gasteiger partial charge in [0.15, 0.2) is 0 Å². The van der Waals surface area contributed by atoms with Crippen molar-refractivity contribution < 1.29 is 4.79 Å². The average Bonchev–Trinajstić information content (AvgIpc) is 3.00. The largest absolute Gasteiger partial charge is 0.366 e. The predicted molar refractivity (Wildman–Crippen MR) is 91.3 cm³/mol. The van der Waals surface area contributed by atoms with E-state index < -0.39 is 11.1 Å². The number of para-hydroxylation sites is 1. The lowest BCUT2D eigenvalue weighted by atomic mass is 10.2. The van der Waals surface area contributed by atoms with Crippen molar-refractivity contribution in [1.82, 2.24) is 15.1 Å². The van der Waals surface area contributed by atoms with Gasteiger partial charge in [-0.15, -0.1) is 0 Å². The highest BCUT2D eigenvalue weighted by molar-refractivity contribution is 5.75. The molecule has 0 fully saturated rings. The van der Waals surface area contributed by atoms with E-state index >= 15 is 0 Å². The van der Waals surface area contributed by atoms with Crippen LogP contribution in [0.25, 0.3) is 0 Å². The van der Waals surface area contributed by atoms with E-state index in [9.17, 15) is 14.4 Å². The third-order valence-electron chi connectivity index (χ3n) is 4.24. The van der Waals surface area contributed by atoms with Gasteiger partial charge >= 0.3 is 0 Å². The number of aromatic nitrogens is 2. The molecule has 7 nitrogen and oxygen atoms in total. The number of carbonyl (C=O) groups is 1. The first-order valence-electron chi connectivity index (χ1n) is 7.96. The van der Waals surface area contributed by atoms with E-state index in [1.807, 2.05) is 12.1 Å². The number of aromatic amines is 1. The van der Waals surface area contributed by atoms with Crippen LogP contribution in [0.2, 0.25) is 0 Å². The summed E-state index contributed by atoms with van der Waals surface area (Å²) in [6, 6.07) is 10.7. The molecule has 1 aliphatic rings. The smallest absolute Gasteiger partial charge is 0.265 e. The number of carbonyl (C=O) groups excluding carboxylic acids is 1. The van der Waals surface area contributed by atoms with Gasteiger partial charge in [0.25, 0.3) is 11.1 Å². The Morgan fingerprint density at radius 1 is 1.25 bits per heavy atom. The third kappa shape index (κ3) is 3.40. The van der Waals surface area contributed by atoms with Crippen molar-refractivity contribution in [2.75, 3.05) is 18.0 Å². The molecule has 1 atom stereocenters. The van der Waals surface area contributed by atoms with Crippen molar-refractivity contribution in [3.05, 3.63) is 62.7 Å². The number of H-pyrrole nitrogens is 1. The molecule has 0 radical (unpaired) electrons. The van der Waals surface area contributed by atoms with E-state index in [1.165, 1.54) is 11.3 Å². The molecule has 0 unspecified atom stereocenters. The van der Waals surface area contributed by atoms with Crippen LogP contribution in [-0.2, 0) is 17.8 Å². The molecule has 1 aromatic carbocycles. The SMILES string of the molecule is C[C@@H](CNC(=O)Cn1[nH]c(=O)ccc1=O)N1CCc2ccccc21. The summed E-state index contributed by atoms with van der Waals surface area (Å²) in [6.07, 6.45) is 1.01. The molecule has 0 saturated carbocycles. The molecule has 0 bridgehead atoms. The Morgan fingerprint density at radius 2 is 2.04 bits per heavy atom. The maximum Gasteiger partial charge on any atom is 0.265 e. The Bertz CT molecular complexity index is 855. The summed E-state index contributed by atoms with van der Waals surface area (Å²) in [6.45, 7) is 3.26. The lowest BCUT2D eigenvalue weighted by molar-refractivity contribution is -0.121. The highest BCUT2D eigenvalue weighted by Crippen LogP contribution is 2.28. The fourth-order valence-electron chi connectivity index (χ4n) is 2.97. The number of rotatable bonds is 5. The van der Waals surface area contributed by atoms with Gasteiger partial charge in [-0.1, -0.05) is 18.2 Å². The Labute approximate surface area is 138 Å². The summed E-state index contributed by atoms with van der Waals surface area (Å²) >= 11 is 0. The molecule has 1 amide bonds. The molecule has 0 saturated heterocycles. The standard InChI is InChI=1S/C17H20N4O3/c1-12(20-9-8-13-4-2-3-5-14(13)20)10-18-16(23)11-21-17(24)7-6-15(22)19-21/h2-7,12H,8-11H2,1H3,(H,18,23)(H,19,22)/t12-/m0/s1. The third-order valence-corrected chi connectivity index (χ3v) is 4.24. The molecule has 126 valence electrons. The van der Waals surface area contributed by atoms with E-state index in [1.54, 1.807) is 0 Å². The molecule has 3 rings (SSSR count). The van der Waals surface area contributed by atoms with Crippen LogP contribution < -0.4 is 21.3 Å². The summed E-state index contributed by atoms with van der Waals surface area (Å²) in [7, 11) is 0. The minimum Gasteiger partial charge on any atom is -0.366 e. The van der Waals surface area contributed by atoms with Gasteiger partial charge in [-0.05, 0) is 25.0 Å². The number of hydrogen-bond donors (Lipinski definition) is 2. The van der Waals surface area contributed by atoms with Crippen molar-refractivity contribution >= 4 is 11.6 Å². The van der Waals surface area contributed by atoms with Crippen LogP contribution in [0.15, 0.2) is 46.0 Å². The Morgan fingerprint density at radius 3 is 2.88 bits per heavy atom. The quantitative estimate of drug-likeness (QED) is 0.815. The molecule has 2 aromatic rings. The second kappa shape index (κ2) is 6.74. The highest BCUT2D eigenvalue weighted by Gasteiger charge is 2.23. The summed E-state index contributed by atoms with van der Waals surface area (Å²) in [4.78, 5) is 37.1. The van der Waals surface area contributed by atoms with Crippen molar-refractivity contribution in [1.29, 1.82) is 0 Å². The number of fused-ring (bicyclic) bond motifs is 1. The molecule has 0 aliphatic carbocycles. The van der Waals surface area contributed by atoms with Crippen LogP contribution in [0, 0.1) is 0 Å². The molecule has 1 aromatic heterocycles. The zero-order chi connectivity index (χ0) is 17.1. The van der Waals surface area contributed by atoms with Gasteiger partial charge in [0.2, 0.25) is 5.91 Å². The van der Waals surface area contributed by atoms with Gasteiger partial charge in [0.1, 0.15) is 6.54 Å². The molecular weight excluding hydrogens is 308 g/mol. The topological polar surface area (TPSA) is 87.2 Å². The van der Waals surface area contributed by atoms with Crippen LogP contribution in [0.5, 0.6) is 0 Å². The Hall–Kier alpha value is -2.83. The van der Waals surface area contributed by atoms with Crippen molar-refractivity contribution in [2.45, 2.75) is 25.9 Å². The van der Waals surface area contributed by atoms with Gasteiger partial charge < -0.3 is 10.2 Å². The zero-order valence-corrected chi connectivity index (χ0v) is 13.5. The van der Waals surface area contributed by atoms with Crippen LogP contribution in [0.3, 0.4) is 0 Å². The van der Waals surface area contributed by atoms with Gasteiger partial charge in [-0.2, -0.15) is 0 Å². The van der Waals surface area contributed by atoms with Crippen LogP contribution in [-0.4, -0.2) is 34.8 Å². The number of anilines is 1. The summed E-state index contributed by atoms with van der Waals surface area (Å²) in [5, 5.41) is 5.16. The van der Waals surface area contributed by atoms with Crippen LogP contribution >= 0.6 is 0 Å². The van der Waals surface area contributed by atoms with Crippen molar-refractivity contribution in [3.63, 3.8) is 0 Å². The molecule has 2 N–H and O–H groups in total. The first-order valence-corrected chi connectivity index (χ1v) is 7.96. The van der Waals surface area contributed by atoms with E-state index in [4.69, 9.17) is 0 Å². The van der Waals surface area contributed by atoms with Crippen molar-refractivity contribution in [2.24, 2.45) is 0 Å². The Kier molecular flexibility index (Phi) is 4.50. The van der Waals surface area contributed by atoms with Crippen molar-refractivity contribution in [3.8, 4) is 0 Å². The minimum atomic E-state index is -0.413. The van der Waals surface area contributed by atoms with E-state index in [-0.39, 0.29) is 18.5 Å². The van der Waals surface area contributed by atoms with E-state index in [0.29, 0.717) is 6.54 Å². The van der Waals surface area contributed by atoms with E-state index in [0.717, 1.165) is 29.8 Å². The lowest BCUT2D eigenvalue weighted by Gasteiger charge is -2.27. The average molecular weight is 328 g/mol.